The van der Waals surface area contributed by atoms with Crippen molar-refractivity contribution in [3.05, 3.63) is 47.2 Å². The molecule has 2 amide bonds. The van der Waals surface area contributed by atoms with Gasteiger partial charge in [0.1, 0.15) is 24.6 Å². The fraction of sp³-hybridized carbons (Fsp3) is 0.647. The van der Waals surface area contributed by atoms with E-state index in [0.29, 0.717) is 37.6 Å². The largest absolute Gasteiger partial charge is 0.461 e. The van der Waals surface area contributed by atoms with Crippen molar-refractivity contribution in [1.82, 2.24) is 24.7 Å². The highest BCUT2D eigenvalue weighted by Crippen LogP contribution is 2.40. The number of anilines is 1. The van der Waals surface area contributed by atoms with E-state index in [2.05, 4.69) is 9.80 Å². The number of fused-ring (bicyclic) bond motifs is 4. The maximum atomic E-state index is 13.2. The fourth-order valence-corrected chi connectivity index (χ4v) is 7.76. The molecule has 242 valence electrons. The van der Waals surface area contributed by atoms with Gasteiger partial charge in [-0.3, -0.25) is 9.80 Å². The van der Waals surface area contributed by atoms with Gasteiger partial charge in [0.15, 0.2) is 0 Å². The van der Waals surface area contributed by atoms with Crippen molar-refractivity contribution in [3.8, 4) is 6.01 Å². The van der Waals surface area contributed by atoms with E-state index < -0.39 is 23.8 Å². The van der Waals surface area contributed by atoms with Crippen LogP contribution in [0, 0.1) is 0 Å². The molecule has 11 heteroatoms. The second-order valence-corrected chi connectivity index (χ2v) is 14.1. The topological polar surface area (TPSA) is 101 Å². The molecule has 6 heterocycles. The van der Waals surface area contributed by atoms with Gasteiger partial charge in [-0.15, -0.1) is 0 Å². The molecular weight excluding hydrogens is 572 g/mol. The van der Waals surface area contributed by atoms with Crippen LogP contribution in [0.2, 0.25) is 0 Å². The first-order chi connectivity index (χ1) is 22.4. The summed E-state index contributed by atoms with van der Waals surface area (Å²) in [4.78, 5) is 44.0. The number of rotatable bonds is 6. The van der Waals surface area contributed by atoms with Crippen LogP contribution < -0.4 is 9.64 Å². The summed E-state index contributed by atoms with van der Waals surface area (Å²) in [6.45, 7) is 7.36. The second kappa shape index (κ2) is 12.0. The maximum absolute atomic E-state index is 13.2. The molecule has 0 N–H and O–H groups in total. The summed E-state index contributed by atoms with van der Waals surface area (Å²) in [5.74, 6) is 0.700. The average Bonchev–Trinajstić information content (AvgIpc) is 3.71. The molecule has 2 unspecified atom stereocenters. The maximum Gasteiger partial charge on any atom is 0.410 e. The predicted molar refractivity (Wildman–Crippen MR) is 168 cm³/mol. The highest BCUT2D eigenvalue weighted by molar-refractivity contribution is 5.71. The number of hydrogen-bond acceptors (Lipinski definition) is 9. The number of nitrogens with zero attached hydrogens (tertiary/aromatic N) is 6. The Morgan fingerprint density at radius 2 is 1.71 bits per heavy atom. The van der Waals surface area contributed by atoms with Gasteiger partial charge in [0.2, 0.25) is 0 Å². The van der Waals surface area contributed by atoms with Gasteiger partial charge < -0.3 is 24.0 Å². The number of ether oxygens (including phenoxy) is 3. The molecular formula is C34H46N6O5. The van der Waals surface area contributed by atoms with E-state index in [9.17, 15) is 9.59 Å². The van der Waals surface area contributed by atoms with Crippen molar-refractivity contribution in [2.45, 2.75) is 102 Å². The summed E-state index contributed by atoms with van der Waals surface area (Å²) in [7, 11) is 0. The van der Waals surface area contributed by atoms with E-state index in [1.807, 2.05) is 56.0 Å². The Kier molecular flexibility index (Phi) is 7.36. The molecule has 11 nitrogen and oxygen atoms in total. The highest BCUT2D eigenvalue weighted by Gasteiger charge is 2.47. The van der Waals surface area contributed by atoms with Crippen LogP contribution in [0.25, 0.3) is 0 Å². The van der Waals surface area contributed by atoms with Gasteiger partial charge in [-0.25, -0.2) is 9.59 Å². The normalized spacial score (nSPS) is 24.9. The van der Waals surface area contributed by atoms with Crippen molar-refractivity contribution in [1.29, 1.82) is 0 Å². The quantitative estimate of drug-likeness (QED) is 0.452. The third-order valence-corrected chi connectivity index (χ3v) is 9.85. The van der Waals surface area contributed by atoms with Gasteiger partial charge in [0, 0.05) is 25.2 Å². The Morgan fingerprint density at radius 1 is 1.00 bits per heavy atom. The number of piperazine rings is 1. The molecule has 0 aliphatic carbocycles. The van der Waals surface area contributed by atoms with E-state index in [1.165, 1.54) is 0 Å². The number of benzene rings is 1. The number of hydrogen-bond donors (Lipinski definition) is 0. The first kappa shape index (κ1) is 27.7. The summed E-state index contributed by atoms with van der Waals surface area (Å²) >= 11 is 0. The highest BCUT2D eigenvalue weighted by atomic mass is 16.6. The third kappa shape index (κ3) is 6.15. The summed E-state index contributed by atoms with van der Waals surface area (Å²) in [6, 6.07) is 9.51. The molecule has 2 bridgehead atoms. The molecule has 45 heavy (non-hydrogen) atoms. The molecule has 2 atom stereocenters. The lowest BCUT2D eigenvalue weighted by molar-refractivity contribution is 0.0122. The van der Waals surface area contributed by atoms with Crippen molar-refractivity contribution in [3.63, 3.8) is 0 Å². The summed E-state index contributed by atoms with van der Waals surface area (Å²) in [5, 5.41) is 0. The lowest BCUT2D eigenvalue weighted by Gasteiger charge is -2.42. The third-order valence-electron chi connectivity index (χ3n) is 9.85. The first-order valence-corrected chi connectivity index (χ1v) is 16.5. The Bertz CT molecular complexity index is 1480. The van der Waals surface area contributed by atoms with Gasteiger partial charge in [-0.1, -0.05) is 30.3 Å². The molecule has 1 aromatic carbocycles. The standard InChI is InChI=1S/C34H46N6O5/c1-33(2,3)45-32(42)40-25-11-12-26(40)20-38(19-25)29-27-13-18-37(31(41)43-22-24-9-5-4-6-10-24)21-28(27)35-30(36-29)44-23-34-14-7-16-39(34)17-8-15-34/h4-6,9-10,25-26H,7-8,11-23H2,1-3H3/i23D2. The van der Waals surface area contributed by atoms with Crippen LogP contribution in [0.1, 0.15) is 78.9 Å². The fourth-order valence-electron chi connectivity index (χ4n) is 7.76. The zero-order chi connectivity index (χ0) is 33.0. The molecule has 2 aromatic rings. The van der Waals surface area contributed by atoms with Gasteiger partial charge in [-0.2, -0.15) is 9.97 Å². The van der Waals surface area contributed by atoms with E-state index in [-0.39, 0.29) is 37.3 Å². The minimum atomic E-state index is -2.00. The first-order valence-electron chi connectivity index (χ1n) is 17.5. The Labute approximate surface area is 268 Å². The zero-order valence-corrected chi connectivity index (χ0v) is 26.7. The van der Waals surface area contributed by atoms with Gasteiger partial charge in [-0.05, 0) is 84.4 Å². The van der Waals surface area contributed by atoms with Crippen molar-refractivity contribution in [2.24, 2.45) is 0 Å². The molecule has 4 fully saturated rings. The second-order valence-electron chi connectivity index (χ2n) is 14.1. The predicted octanol–water partition coefficient (Wildman–Crippen LogP) is 4.77. The number of carbonyl (C=O) groups is 2. The Balaban J connectivity index is 1.16. The van der Waals surface area contributed by atoms with Crippen LogP contribution in [0.15, 0.2) is 30.3 Å². The molecule has 5 aliphatic rings. The molecule has 1 aromatic heterocycles. The summed E-state index contributed by atoms with van der Waals surface area (Å²) < 4.78 is 35.9. The lowest BCUT2D eigenvalue weighted by atomic mass is 9.95. The average molecular weight is 621 g/mol. The summed E-state index contributed by atoms with van der Waals surface area (Å²) in [5.41, 5.74) is 1.20. The SMILES string of the molecule is [2H]C([2H])(Oc1nc2c(c(N3CC4CCC(C3)N4C(=O)OC(C)(C)C)n1)CCN(C(=O)OCc1ccccc1)C2)C12CCCN1CCC2. The van der Waals surface area contributed by atoms with Crippen molar-refractivity contribution >= 4 is 18.0 Å². The minimum absolute atomic E-state index is 0.0155. The van der Waals surface area contributed by atoms with Crippen molar-refractivity contribution in [2.75, 3.05) is 44.2 Å². The van der Waals surface area contributed by atoms with E-state index in [4.69, 9.17) is 26.9 Å². The van der Waals surface area contributed by atoms with Gasteiger partial charge in [0.25, 0.3) is 0 Å². The molecule has 7 rings (SSSR count). The van der Waals surface area contributed by atoms with Crippen LogP contribution in [0.5, 0.6) is 6.01 Å². The number of aromatic nitrogens is 2. The van der Waals surface area contributed by atoms with E-state index in [1.54, 1.807) is 4.90 Å². The Hall–Kier alpha value is -3.60. The monoisotopic (exact) mass is 620 g/mol. The molecule has 5 aliphatic heterocycles. The molecule has 0 radical (unpaired) electrons. The number of amides is 2. The van der Waals surface area contributed by atoms with Crippen LogP contribution in [-0.4, -0.2) is 99.4 Å². The van der Waals surface area contributed by atoms with Gasteiger partial charge in [0.05, 0.1) is 32.6 Å². The minimum Gasteiger partial charge on any atom is -0.461 e. The van der Waals surface area contributed by atoms with E-state index >= 15 is 0 Å². The van der Waals surface area contributed by atoms with Crippen LogP contribution >= 0.6 is 0 Å². The molecule has 0 spiro atoms. The summed E-state index contributed by atoms with van der Waals surface area (Å²) in [6.07, 6.45) is 4.90. The van der Waals surface area contributed by atoms with Crippen molar-refractivity contribution < 1.29 is 26.5 Å². The van der Waals surface area contributed by atoms with Gasteiger partial charge >= 0.3 is 18.2 Å². The smallest absolute Gasteiger partial charge is 0.410 e. The molecule has 4 saturated heterocycles. The molecule has 0 saturated carbocycles. The number of carbonyl (C=O) groups excluding carboxylic acids is 2. The van der Waals surface area contributed by atoms with Crippen LogP contribution in [-0.2, 0) is 29.0 Å². The van der Waals surface area contributed by atoms with Crippen LogP contribution in [0.3, 0.4) is 0 Å². The van der Waals surface area contributed by atoms with E-state index in [0.717, 1.165) is 62.7 Å². The lowest BCUT2D eigenvalue weighted by Crippen LogP contribution is -2.57. The zero-order valence-electron chi connectivity index (χ0n) is 28.7. The Morgan fingerprint density at radius 3 is 2.40 bits per heavy atom. The van der Waals surface area contributed by atoms with Crippen LogP contribution in [0.4, 0.5) is 15.4 Å².